The van der Waals surface area contributed by atoms with Crippen molar-refractivity contribution in [1.82, 2.24) is 4.98 Å². The molecule has 0 saturated heterocycles. The third kappa shape index (κ3) is 2.22. The summed E-state index contributed by atoms with van der Waals surface area (Å²) in [5, 5.41) is 1.17. The fraction of sp³-hybridized carbons (Fsp3) is 0.154. The van der Waals surface area contributed by atoms with Gasteiger partial charge in [-0.05, 0) is 30.7 Å². The standard InChI is InChI=1S/C13H14N2/c1-10-4-6-12-9-11(3-2-8-14)5-7-13(12)15-10/h2-7,9H,8,14H2,1H3. The summed E-state index contributed by atoms with van der Waals surface area (Å²) in [5.74, 6) is 0. The quantitative estimate of drug-likeness (QED) is 0.805. The molecular weight excluding hydrogens is 184 g/mol. The Morgan fingerprint density at radius 1 is 1.27 bits per heavy atom. The summed E-state index contributed by atoms with van der Waals surface area (Å²) in [5.41, 5.74) is 8.67. The zero-order valence-corrected chi connectivity index (χ0v) is 8.77. The molecule has 0 amide bonds. The maximum Gasteiger partial charge on any atom is 0.0705 e. The minimum atomic E-state index is 0.574. The van der Waals surface area contributed by atoms with Gasteiger partial charge in [-0.3, -0.25) is 4.98 Å². The molecule has 0 fully saturated rings. The van der Waals surface area contributed by atoms with E-state index in [-0.39, 0.29) is 0 Å². The second kappa shape index (κ2) is 4.24. The second-order valence-electron chi connectivity index (χ2n) is 3.54. The van der Waals surface area contributed by atoms with Crippen LogP contribution in [0.15, 0.2) is 36.4 Å². The van der Waals surface area contributed by atoms with Crippen LogP contribution in [0, 0.1) is 6.92 Å². The third-order valence-electron chi connectivity index (χ3n) is 2.30. The predicted molar refractivity (Wildman–Crippen MR) is 64.6 cm³/mol. The third-order valence-corrected chi connectivity index (χ3v) is 2.30. The molecule has 1 aromatic carbocycles. The Bertz CT molecular complexity index is 501. The van der Waals surface area contributed by atoms with Gasteiger partial charge in [-0.2, -0.15) is 0 Å². The average molecular weight is 198 g/mol. The summed E-state index contributed by atoms with van der Waals surface area (Å²) < 4.78 is 0. The number of nitrogens with two attached hydrogens (primary N) is 1. The molecule has 0 atom stereocenters. The van der Waals surface area contributed by atoms with Crippen LogP contribution in [0.25, 0.3) is 17.0 Å². The molecule has 2 aromatic rings. The number of hydrogen-bond acceptors (Lipinski definition) is 2. The van der Waals surface area contributed by atoms with Crippen LogP contribution in [0.1, 0.15) is 11.3 Å². The number of rotatable bonds is 2. The monoisotopic (exact) mass is 198 g/mol. The number of aryl methyl sites for hydroxylation is 1. The van der Waals surface area contributed by atoms with Gasteiger partial charge in [0.2, 0.25) is 0 Å². The summed E-state index contributed by atoms with van der Waals surface area (Å²) in [7, 11) is 0. The number of fused-ring (bicyclic) bond motifs is 1. The lowest BCUT2D eigenvalue weighted by Gasteiger charge is -2.00. The van der Waals surface area contributed by atoms with Crippen LogP contribution in [-0.2, 0) is 0 Å². The molecule has 76 valence electrons. The van der Waals surface area contributed by atoms with Crippen LogP contribution in [0.2, 0.25) is 0 Å². The fourth-order valence-corrected chi connectivity index (χ4v) is 1.55. The van der Waals surface area contributed by atoms with Crippen molar-refractivity contribution in [3.05, 3.63) is 47.7 Å². The van der Waals surface area contributed by atoms with Crippen molar-refractivity contribution in [3.63, 3.8) is 0 Å². The smallest absolute Gasteiger partial charge is 0.0705 e. The molecular formula is C13H14N2. The van der Waals surface area contributed by atoms with Crippen LogP contribution in [-0.4, -0.2) is 11.5 Å². The molecule has 1 aromatic heterocycles. The minimum Gasteiger partial charge on any atom is -0.327 e. The number of pyridine rings is 1. The van der Waals surface area contributed by atoms with Gasteiger partial charge in [0.05, 0.1) is 5.52 Å². The molecule has 0 aliphatic heterocycles. The highest BCUT2D eigenvalue weighted by molar-refractivity contribution is 5.81. The number of hydrogen-bond donors (Lipinski definition) is 1. The molecule has 15 heavy (non-hydrogen) atoms. The Balaban J connectivity index is 2.47. The Hall–Kier alpha value is -1.67. The van der Waals surface area contributed by atoms with E-state index in [1.54, 1.807) is 0 Å². The summed E-state index contributed by atoms with van der Waals surface area (Å²) in [6.45, 7) is 2.58. The molecule has 0 aliphatic carbocycles. The van der Waals surface area contributed by atoms with Gasteiger partial charge in [0, 0.05) is 17.6 Å². The van der Waals surface area contributed by atoms with Crippen LogP contribution in [0.4, 0.5) is 0 Å². The highest BCUT2D eigenvalue weighted by Gasteiger charge is 1.95. The lowest BCUT2D eigenvalue weighted by Crippen LogP contribution is -1.92. The zero-order valence-electron chi connectivity index (χ0n) is 8.77. The normalized spacial score (nSPS) is 11.3. The van der Waals surface area contributed by atoms with Gasteiger partial charge in [-0.25, -0.2) is 0 Å². The Kier molecular flexibility index (Phi) is 2.79. The molecule has 2 rings (SSSR count). The van der Waals surface area contributed by atoms with E-state index in [1.165, 1.54) is 10.9 Å². The molecule has 2 heteroatoms. The van der Waals surface area contributed by atoms with Crippen molar-refractivity contribution in [3.8, 4) is 0 Å². The molecule has 0 spiro atoms. The maximum atomic E-state index is 5.41. The predicted octanol–water partition coefficient (Wildman–Crippen LogP) is 2.52. The lowest BCUT2D eigenvalue weighted by molar-refractivity contribution is 1.25. The van der Waals surface area contributed by atoms with E-state index in [0.29, 0.717) is 6.54 Å². The van der Waals surface area contributed by atoms with Gasteiger partial charge in [0.25, 0.3) is 0 Å². The molecule has 0 aliphatic rings. The Labute approximate surface area is 89.4 Å². The molecule has 1 heterocycles. The van der Waals surface area contributed by atoms with E-state index >= 15 is 0 Å². The topological polar surface area (TPSA) is 38.9 Å². The summed E-state index contributed by atoms with van der Waals surface area (Å²) in [6.07, 6.45) is 3.97. The van der Waals surface area contributed by atoms with Crippen molar-refractivity contribution in [2.75, 3.05) is 6.54 Å². The van der Waals surface area contributed by atoms with E-state index < -0.39 is 0 Å². The average Bonchev–Trinajstić information content (AvgIpc) is 2.26. The Morgan fingerprint density at radius 2 is 2.13 bits per heavy atom. The van der Waals surface area contributed by atoms with Crippen molar-refractivity contribution in [2.24, 2.45) is 5.73 Å². The first-order valence-corrected chi connectivity index (χ1v) is 5.03. The number of benzene rings is 1. The first-order valence-electron chi connectivity index (χ1n) is 5.03. The molecule has 0 unspecified atom stereocenters. The minimum absolute atomic E-state index is 0.574. The second-order valence-corrected chi connectivity index (χ2v) is 3.54. The summed E-state index contributed by atoms with van der Waals surface area (Å²) >= 11 is 0. The van der Waals surface area contributed by atoms with Crippen LogP contribution in [0.3, 0.4) is 0 Å². The van der Waals surface area contributed by atoms with E-state index in [0.717, 1.165) is 11.2 Å². The fourth-order valence-electron chi connectivity index (χ4n) is 1.55. The molecule has 0 bridgehead atoms. The van der Waals surface area contributed by atoms with E-state index in [2.05, 4.69) is 23.2 Å². The molecule has 2 nitrogen and oxygen atoms in total. The van der Waals surface area contributed by atoms with E-state index in [4.69, 9.17) is 5.73 Å². The van der Waals surface area contributed by atoms with E-state index in [1.807, 2.05) is 31.2 Å². The van der Waals surface area contributed by atoms with Crippen LogP contribution >= 0.6 is 0 Å². The number of aromatic nitrogens is 1. The van der Waals surface area contributed by atoms with Crippen LogP contribution in [0.5, 0.6) is 0 Å². The first-order chi connectivity index (χ1) is 7.29. The van der Waals surface area contributed by atoms with Gasteiger partial charge >= 0.3 is 0 Å². The number of nitrogens with zero attached hydrogens (tertiary/aromatic N) is 1. The van der Waals surface area contributed by atoms with Crippen molar-refractivity contribution < 1.29 is 0 Å². The van der Waals surface area contributed by atoms with Gasteiger partial charge in [0.15, 0.2) is 0 Å². The van der Waals surface area contributed by atoms with Crippen molar-refractivity contribution >= 4 is 17.0 Å². The SMILES string of the molecule is Cc1ccc2cc(C=CCN)ccc2n1. The Morgan fingerprint density at radius 3 is 2.93 bits per heavy atom. The highest BCUT2D eigenvalue weighted by Crippen LogP contribution is 2.15. The first kappa shape index (κ1) is 9.87. The highest BCUT2D eigenvalue weighted by atomic mass is 14.7. The van der Waals surface area contributed by atoms with Gasteiger partial charge < -0.3 is 5.73 Å². The molecule has 0 radical (unpaired) electrons. The lowest BCUT2D eigenvalue weighted by atomic mass is 10.1. The maximum absolute atomic E-state index is 5.41. The summed E-state index contributed by atoms with van der Waals surface area (Å²) in [4.78, 5) is 4.45. The van der Waals surface area contributed by atoms with Gasteiger partial charge in [-0.15, -0.1) is 0 Å². The summed E-state index contributed by atoms with van der Waals surface area (Å²) in [6, 6.07) is 10.3. The largest absolute Gasteiger partial charge is 0.327 e. The van der Waals surface area contributed by atoms with Crippen LogP contribution < -0.4 is 5.73 Å². The van der Waals surface area contributed by atoms with E-state index in [9.17, 15) is 0 Å². The zero-order chi connectivity index (χ0) is 10.7. The van der Waals surface area contributed by atoms with Gasteiger partial charge in [-0.1, -0.05) is 24.3 Å². The molecule has 0 saturated carbocycles. The van der Waals surface area contributed by atoms with Gasteiger partial charge in [0.1, 0.15) is 0 Å². The van der Waals surface area contributed by atoms with Crippen molar-refractivity contribution in [2.45, 2.75) is 6.92 Å². The molecule has 2 N–H and O–H groups in total. The van der Waals surface area contributed by atoms with Crippen molar-refractivity contribution in [1.29, 1.82) is 0 Å².